The molecule has 2 aromatic carbocycles. The Morgan fingerprint density at radius 2 is 1.49 bits per heavy atom. The van der Waals surface area contributed by atoms with Gasteiger partial charge in [0, 0.05) is 13.1 Å². The predicted molar refractivity (Wildman–Crippen MR) is 158 cm³/mol. The van der Waals surface area contributed by atoms with E-state index in [-0.39, 0.29) is 11.1 Å². The van der Waals surface area contributed by atoms with Crippen LogP contribution in [0.25, 0.3) is 0 Å². The lowest BCUT2D eigenvalue weighted by atomic mass is 10.1. The summed E-state index contributed by atoms with van der Waals surface area (Å²) in [6, 6.07) is 25.3. The van der Waals surface area contributed by atoms with Crippen LogP contribution in [0.3, 0.4) is 0 Å². The van der Waals surface area contributed by atoms with Crippen molar-refractivity contribution in [3.63, 3.8) is 0 Å². The Morgan fingerprint density at radius 3 is 2.03 bits per heavy atom. The van der Waals surface area contributed by atoms with Crippen LogP contribution in [0.2, 0.25) is 5.04 Å². The number of anilines is 2. The van der Waals surface area contributed by atoms with Gasteiger partial charge in [0.2, 0.25) is 0 Å². The molecule has 0 radical (unpaired) electrons. The molecule has 0 bridgehead atoms. The molecule has 2 aliphatic rings. The van der Waals surface area contributed by atoms with Crippen LogP contribution in [0, 0.1) is 0 Å². The van der Waals surface area contributed by atoms with Gasteiger partial charge < -0.3 is 18.8 Å². The first-order chi connectivity index (χ1) is 18.5. The molecule has 5 rings (SSSR count). The van der Waals surface area contributed by atoms with Gasteiger partial charge >= 0.3 is 6.09 Å². The van der Waals surface area contributed by atoms with E-state index in [0.29, 0.717) is 24.7 Å². The number of fused-ring (bicyclic) bond motifs is 1. The molecule has 3 heterocycles. The fourth-order valence-electron chi connectivity index (χ4n) is 5.40. The van der Waals surface area contributed by atoms with Crippen molar-refractivity contribution >= 4 is 36.4 Å². The summed E-state index contributed by atoms with van der Waals surface area (Å²) in [5.74, 6) is 1.90. The molecule has 1 aromatic heterocycles. The quantitative estimate of drug-likeness (QED) is 0.422. The van der Waals surface area contributed by atoms with Gasteiger partial charge in [-0.15, -0.1) is 0 Å². The van der Waals surface area contributed by atoms with Crippen molar-refractivity contribution in [1.82, 2.24) is 4.98 Å². The molecule has 0 spiro atoms. The molecular formula is C31H39N3O4Si. The van der Waals surface area contributed by atoms with E-state index in [4.69, 9.17) is 18.9 Å². The molecule has 0 aliphatic carbocycles. The van der Waals surface area contributed by atoms with E-state index in [1.807, 2.05) is 32.9 Å². The Hall–Kier alpha value is -3.36. The van der Waals surface area contributed by atoms with E-state index in [0.717, 1.165) is 18.9 Å². The van der Waals surface area contributed by atoms with Gasteiger partial charge in [-0.2, -0.15) is 0 Å². The molecule has 2 aliphatic heterocycles. The monoisotopic (exact) mass is 545 g/mol. The highest BCUT2D eigenvalue weighted by molar-refractivity contribution is 6.99. The molecule has 7 nitrogen and oxygen atoms in total. The summed E-state index contributed by atoms with van der Waals surface area (Å²) in [6.45, 7) is 14.7. The second-order valence-corrected chi connectivity index (χ2v) is 16.5. The molecule has 206 valence electrons. The van der Waals surface area contributed by atoms with Crippen LogP contribution < -0.4 is 24.9 Å². The van der Waals surface area contributed by atoms with Crippen LogP contribution >= 0.6 is 0 Å². The number of carbonyl (C=O) groups excluding carboxylic acids is 1. The molecule has 0 atom stereocenters. The molecule has 0 N–H and O–H groups in total. The fourth-order valence-corrected chi connectivity index (χ4v) is 10.1. The number of aromatic nitrogens is 1. The van der Waals surface area contributed by atoms with Gasteiger partial charge in [-0.1, -0.05) is 81.4 Å². The van der Waals surface area contributed by atoms with Crippen LogP contribution in [0.1, 0.15) is 41.5 Å². The van der Waals surface area contributed by atoms with E-state index in [9.17, 15) is 4.79 Å². The Labute approximate surface area is 232 Å². The zero-order chi connectivity index (χ0) is 27.8. The Balaban J connectivity index is 1.39. The minimum atomic E-state index is -2.62. The Morgan fingerprint density at radius 1 is 0.897 bits per heavy atom. The second-order valence-electron chi connectivity index (χ2n) is 12.3. The average molecular weight is 546 g/mol. The summed E-state index contributed by atoms with van der Waals surface area (Å²) in [5.41, 5.74) is -0.587. The van der Waals surface area contributed by atoms with E-state index in [1.165, 1.54) is 10.4 Å². The van der Waals surface area contributed by atoms with Crippen molar-refractivity contribution in [1.29, 1.82) is 0 Å². The van der Waals surface area contributed by atoms with Gasteiger partial charge in [0.05, 0.1) is 12.6 Å². The molecule has 8 heteroatoms. The maximum absolute atomic E-state index is 12.9. The fraction of sp³-hybridized carbons (Fsp3) is 0.419. The largest absolute Gasteiger partial charge is 0.488 e. The molecule has 39 heavy (non-hydrogen) atoms. The zero-order valence-electron chi connectivity index (χ0n) is 23.8. The van der Waals surface area contributed by atoms with E-state index in [2.05, 4.69) is 86.3 Å². The molecule has 1 amide bonds. The van der Waals surface area contributed by atoms with Crippen LogP contribution in [-0.4, -0.2) is 57.3 Å². The minimum absolute atomic E-state index is 0.0624. The van der Waals surface area contributed by atoms with Gasteiger partial charge in [0.25, 0.3) is 8.32 Å². The third-order valence-corrected chi connectivity index (χ3v) is 12.3. The average Bonchev–Trinajstić information content (AvgIpc) is 2.87. The lowest BCUT2D eigenvalue weighted by Gasteiger charge is -2.50. The Bertz CT molecular complexity index is 1260. The number of amides is 1. The van der Waals surface area contributed by atoms with Crippen molar-refractivity contribution in [2.24, 2.45) is 0 Å². The summed E-state index contributed by atoms with van der Waals surface area (Å²) >= 11 is 0. The first-order valence-corrected chi connectivity index (χ1v) is 15.6. The smallest absolute Gasteiger partial charge is 0.416 e. The van der Waals surface area contributed by atoms with Crippen molar-refractivity contribution in [3.05, 3.63) is 72.8 Å². The molecule has 0 unspecified atom stereocenters. The maximum atomic E-state index is 12.9. The number of nitrogens with zero attached hydrogens (tertiary/aromatic N) is 3. The number of hydrogen-bond donors (Lipinski definition) is 0. The summed E-state index contributed by atoms with van der Waals surface area (Å²) in [7, 11) is -2.62. The Kier molecular flexibility index (Phi) is 7.20. The normalized spacial score (nSPS) is 16.3. The van der Waals surface area contributed by atoms with E-state index < -0.39 is 20.0 Å². The number of benzene rings is 2. The summed E-state index contributed by atoms with van der Waals surface area (Å²) in [4.78, 5) is 21.5. The van der Waals surface area contributed by atoms with Gasteiger partial charge in [0.1, 0.15) is 18.0 Å². The SMILES string of the molecule is CC(C)(C)OC(=O)N1CCOc2ccc(N3CC(O[Si](c4ccccc4)(c4ccccc4)C(C)(C)C)C3)nc21. The zero-order valence-corrected chi connectivity index (χ0v) is 24.8. The first-order valence-electron chi connectivity index (χ1n) is 13.7. The highest BCUT2D eigenvalue weighted by atomic mass is 28.4. The van der Waals surface area contributed by atoms with Crippen molar-refractivity contribution in [2.75, 3.05) is 36.0 Å². The third-order valence-electron chi connectivity index (χ3n) is 7.20. The van der Waals surface area contributed by atoms with Crippen molar-refractivity contribution < 1.29 is 18.7 Å². The maximum Gasteiger partial charge on any atom is 0.416 e. The van der Waals surface area contributed by atoms with Crippen LogP contribution in [-0.2, 0) is 9.16 Å². The molecule has 1 saturated heterocycles. The summed E-state index contributed by atoms with van der Waals surface area (Å²) in [5, 5.41) is 2.48. The van der Waals surface area contributed by atoms with Crippen LogP contribution in [0.4, 0.5) is 16.4 Å². The van der Waals surface area contributed by atoms with Gasteiger partial charge in [-0.3, -0.25) is 4.90 Å². The molecular weight excluding hydrogens is 506 g/mol. The van der Waals surface area contributed by atoms with Gasteiger partial charge in [-0.05, 0) is 48.3 Å². The van der Waals surface area contributed by atoms with Gasteiger partial charge in [0.15, 0.2) is 11.6 Å². The van der Waals surface area contributed by atoms with E-state index in [1.54, 1.807) is 4.90 Å². The topological polar surface area (TPSA) is 64.1 Å². The molecule has 3 aromatic rings. The molecule has 1 fully saturated rings. The second kappa shape index (κ2) is 10.3. The van der Waals surface area contributed by atoms with E-state index >= 15 is 0 Å². The standard InChI is InChI=1S/C31H39N3O4Si/c1-30(2,3)37-29(35)34-19-20-36-26-17-18-27(32-28(26)34)33-21-23(22-33)38-39(31(4,5)6,24-13-9-7-10-14-24)25-15-11-8-12-16-25/h7-18,23H,19-22H2,1-6H3. The number of hydrogen-bond acceptors (Lipinski definition) is 6. The lowest BCUT2D eigenvalue weighted by Crippen LogP contribution is -2.71. The third kappa shape index (κ3) is 5.40. The molecule has 0 saturated carbocycles. The van der Waals surface area contributed by atoms with Crippen molar-refractivity contribution in [2.45, 2.75) is 58.3 Å². The lowest BCUT2D eigenvalue weighted by molar-refractivity contribution is 0.0566. The van der Waals surface area contributed by atoms with Gasteiger partial charge in [-0.25, -0.2) is 9.78 Å². The highest BCUT2D eigenvalue weighted by Gasteiger charge is 2.52. The van der Waals surface area contributed by atoms with Crippen molar-refractivity contribution in [3.8, 4) is 5.75 Å². The minimum Gasteiger partial charge on any atom is -0.488 e. The van der Waals surface area contributed by atoms with Crippen LogP contribution in [0.15, 0.2) is 72.8 Å². The number of ether oxygens (including phenoxy) is 2. The van der Waals surface area contributed by atoms with Crippen LogP contribution in [0.5, 0.6) is 5.75 Å². The highest BCUT2D eigenvalue weighted by Crippen LogP contribution is 2.39. The summed E-state index contributed by atoms with van der Waals surface area (Å²) < 4.78 is 18.7. The first kappa shape index (κ1) is 27.2. The summed E-state index contributed by atoms with van der Waals surface area (Å²) in [6.07, 6.45) is -0.347. The number of rotatable bonds is 5. The predicted octanol–water partition coefficient (Wildman–Crippen LogP) is 4.98. The number of carbonyl (C=O) groups is 1. The number of pyridine rings is 1.